The van der Waals surface area contributed by atoms with Crippen molar-refractivity contribution in [1.82, 2.24) is 4.90 Å². The number of hydrogen-bond donors (Lipinski definition) is 0. The average molecular weight is 231 g/mol. The Morgan fingerprint density at radius 2 is 1.65 bits per heavy atom. The molecule has 0 radical (unpaired) electrons. The van der Waals surface area contributed by atoms with Gasteiger partial charge in [0.15, 0.2) is 0 Å². The lowest BCUT2D eigenvalue weighted by Crippen LogP contribution is -2.41. The first kappa shape index (κ1) is 13.5. The quantitative estimate of drug-likeness (QED) is 0.795. The smallest absolute Gasteiger partial charge is 0.109 e. The van der Waals surface area contributed by atoms with Crippen LogP contribution in [-0.2, 0) is 6.42 Å². The molecule has 3 nitrogen and oxygen atoms in total. The first-order chi connectivity index (χ1) is 7.89. The van der Waals surface area contributed by atoms with Gasteiger partial charge in [-0.25, -0.2) is 0 Å². The van der Waals surface area contributed by atoms with Crippen LogP contribution in [-0.4, -0.2) is 38.6 Å². The van der Waals surface area contributed by atoms with E-state index < -0.39 is 5.54 Å². The number of hydrogen-bond acceptors (Lipinski definition) is 3. The molecule has 92 valence electrons. The van der Waals surface area contributed by atoms with Crippen molar-refractivity contribution < 1.29 is 0 Å². The maximum Gasteiger partial charge on any atom is 0.109 e. The van der Waals surface area contributed by atoms with Crippen LogP contribution in [0.5, 0.6) is 0 Å². The summed E-state index contributed by atoms with van der Waals surface area (Å²) in [5.41, 5.74) is 1.92. The van der Waals surface area contributed by atoms with Crippen molar-refractivity contribution >= 4 is 5.69 Å². The van der Waals surface area contributed by atoms with E-state index >= 15 is 0 Å². The summed E-state index contributed by atoms with van der Waals surface area (Å²) in [6, 6.07) is 10.7. The highest BCUT2D eigenvalue weighted by Gasteiger charge is 2.26. The Balaban J connectivity index is 2.86. The monoisotopic (exact) mass is 231 g/mol. The number of likely N-dealkylation sites (N-methyl/N-ethyl adjacent to an activating group) is 1. The summed E-state index contributed by atoms with van der Waals surface area (Å²) in [7, 11) is 7.93. The molecule has 3 heteroatoms. The van der Waals surface area contributed by atoms with Crippen LogP contribution in [0.3, 0.4) is 0 Å². The number of rotatable bonds is 4. The Kier molecular flexibility index (Phi) is 4.14. The van der Waals surface area contributed by atoms with Crippen molar-refractivity contribution in [2.24, 2.45) is 0 Å². The fraction of sp³-hybridized carbons (Fsp3) is 0.500. The maximum absolute atomic E-state index is 9.26. The lowest BCUT2D eigenvalue weighted by atomic mass is 9.93. The second kappa shape index (κ2) is 5.20. The van der Waals surface area contributed by atoms with E-state index in [1.807, 2.05) is 40.0 Å². The van der Waals surface area contributed by atoms with Crippen molar-refractivity contribution in [2.45, 2.75) is 18.9 Å². The Morgan fingerprint density at radius 1 is 1.12 bits per heavy atom. The van der Waals surface area contributed by atoms with Gasteiger partial charge in [0.2, 0.25) is 0 Å². The second-order valence-corrected chi connectivity index (χ2v) is 5.02. The molecule has 0 bridgehead atoms. The molecule has 1 rings (SSSR count). The molecule has 0 aliphatic heterocycles. The average Bonchev–Trinajstić information content (AvgIpc) is 2.29. The van der Waals surface area contributed by atoms with Crippen LogP contribution < -0.4 is 4.90 Å². The van der Waals surface area contributed by atoms with Gasteiger partial charge >= 0.3 is 0 Å². The first-order valence-corrected chi connectivity index (χ1v) is 5.74. The van der Waals surface area contributed by atoms with Crippen LogP contribution in [0.4, 0.5) is 5.69 Å². The van der Waals surface area contributed by atoms with Gasteiger partial charge in [0.1, 0.15) is 5.54 Å². The van der Waals surface area contributed by atoms with Crippen molar-refractivity contribution in [2.75, 3.05) is 33.1 Å². The van der Waals surface area contributed by atoms with E-state index in [1.54, 1.807) is 0 Å². The highest BCUT2D eigenvalue weighted by molar-refractivity contribution is 5.46. The lowest BCUT2D eigenvalue weighted by Gasteiger charge is -2.29. The summed E-state index contributed by atoms with van der Waals surface area (Å²) >= 11 is 0. The standard InChI is InChI=1S/C14H21N3/c1-14(11-15,17(4)5)10-12-6-8-13(9-7-12)16(2)3/h6-9H,10H2,1-5H3. The van der Waals surface area contributed by atoms with E-state index in [2.05, 4.69) is 35.2 Å². The third kappa shape index (κ3) is 3.21. The Bertz CT molecular complexity index is 400. The van der Waals surface area contributed by atoms with Gasteiger partial charge in [-0.2, -0.15) is 5.26 Å². The van der Waals surface area contributed by atoms with Crippen LogP contribution in [0.25, 0.3) is 0 Å². The summed E-state index contributed by atoms with van der Waals surface area (Å²) in [5.74, 6) is 0. The normalized spacial score (nSPS) is 14.2. The molecular formula is C14H21N3. The van der Waals surface area contributed by atoms with Gasteiger partial charge in [-0.1, -0.05) is 12.1 Å². The van der Waals surface area contributed by atoms with E-state index in [1.165, 1.54) is 11.3 Å². The van der Waals surface area contributed by atoms with Gasteiger partial charge in [-0.15, -0.1) is 0 Å². The molecule has 17 heavy (non-hydrogen) atoms. The number of benzene rings is 1. The molecule has 0 amide bonds. The predicted molar refractivity (Wildman–Crippen MR) is 72.2 cm³/mol. The van der Waals surface area contributed by atoms with Crippen LogP contribution in [0.1, 0.15) is 12.5 Å². The van der Waals surface area contributed by atoms with Crippen LogP contribution in [0.15, 0.2) is 24.3 Å². The Morgan fingerprint density at radius 3 is 2.00 bits per heavy atom. The van der Waals surface area contributed by atoms with E-state index in [0.717, 1.165) is 6.42 Å². The molecule has 1 atom stereocenters. The summed E-state index contributed by atoms with van der Waals surface area (Å²) < 4.78 is 0. The topological polar surface area (TPSA) is 30.3 Å². The number of anilines is 1. The molecule has 1 unspecified atom stereocenters. The largest absolute Gasteiger partial charge is 0.378 e. The Hall–Kier alpha value is -1.53. The van der Waals surface area contributed by atoms with Crippen molar-refractivity contribution in [3.8, 4) is 6.07 Å². The van der Waals surface area contributed by atoms with E-state index in [0.29, 0.717) is 0 Å². The first-order valence-electron chi connectivity index (χ1n) is 5.74. The van der Waals surface area contributed by atoms with Gasteiger partial charge in [0.05, 0.1) is 6.07 Å². The zero-order valence-electron chi connectivity index (χ0n) is 11.4. The van der Waals surface area contributed by atoms with E-state index in [-0.39, 0.29) is 0 Å². The molecule has 0 spiro atoms. The minimum atomic E-state index is -0.445. The summed E-state index contributed by atoms with van der Waals surface area (Å²) in [6.07, 6.45) is 0.740. The molecule has 1 aromatic carbocycles. The minimum absolute atomic E-state index is 0.445. The summed E-state index contributed by atoms with van der Waals surface area (Å²) in [6.45, 7) is 1.97. The molecule has 0 aromatic heterocycles. The highest BCUT2D eigenvalue weighted by Crippen LogP contribution is 2.20. The number of nitrogens with zero attached hydrogens (tertiary/aromatic N) is 3. The Labute approximate surface area is 104 Å². The fourth-order valence-electron chi connectivity index (χ4n) is 1.61. The van der Waals surface area contributed by atoms with Gasteiger partial charge in [-0.05, 0) is 38.7 Å². The van der Waals surface area contributed by atoms with E-state index in [9.17, 15) is 5.26 Å². The third-order valence-corrected chi connectivity index (χ3v) is 3.23. The lowest BCUT2D eigenvalue weighted by molar-refractivity contribution is 0.237. The SMILES string of the molecule is CN(C)c1ccc(CC(C)(C#N)N(C)C)cc1. The molecule has 0 saturated heterocycles. The zero-order chi connectivity index (χ0) is 13.1. The zero-order valence-corrected chi connectivity index (χ0v) is 11.4. The van der Waals surface area contributed by atoms with Gasteiger partial charge in [0, 0.05) is 26.2 Å². The summed E-state index contributed by atoms with van der Waals surface area (Å²) in [5, 5.41) is 9.26. The van der Waals surface area contributed by atoms with Gasteiger partial charge in [-0.3, -0.25) is 4.90 Å². The highest BCUT2D eigenvalue weighted by atomic mass is 15.1. The molecule has 0 aliphatic rings. The second-order valence-electron chi connectivity index (χ2n) is 5.02. The molecule has 0 N–H and O–H groups in total. The molecule has 0 heterocycles. The minimum Gasteiger partial charge on any atom is -0.378 e. The molecule has 0 saturated carbocycles. The predicted octanol–water partition coefficient (Wildman–Crippen LogP) is 2.14. The van der Waals surface area contributed by atoms with Crippen molar-refractivity contribution in [1.29, 1.82) is 5.26 Å². The van der Waals surface area contributed by atoms with Crippen LogP contribution in [0.2, 0.25) is 0 Å². The molecule has 0 aliphatic carbocycles. The fourth-order valence-corrected chi connectivity index (χ4v) is 1.61. The molecular weight excluding hydrogens is 210 g/mol. The third-order valence-electron chi connectivity index (χ3n) is 3.23. The molecule has 0 fully saturated rings. The molecule has 1 aromatic rings. The van der Waals surface area contributed by atoms with Gasteiger partial charge < -0.3 is 4.90 Å². The van der Waals surface area contributed by atoms with Gasteiger partial charge in [0.25, 0.3) is 0 Å². The van der Waals surface area contributed by atoms with Crippen LogP contribution in [0, 0.1) is 11.3 Å². The summed E-state index contributed by atoms with van der Waals surface area (Å²) in [4.78, 5) is 4.03. The number of nitriles is 1. The maximum atomic E-state index is 9.26. The van der Waals surface area contributed by atoms with Crippen molar-refractivity contribution in [3.05, 3.63) is 29.8 Å². The van der Waals surface area contributed by atoms with Crippen LogP contribution >= 0.6 is 0 Å². The van der Waals surface area contributed by atoms with E-state index in [4.69, 9.17) is 0 Å². The van der Waals surface area contributed by atoms with Crippen molar-refractivity contribution in [3.63, 3.8) is 0 Å².